The zero-order valence-electron chi connectivity index (χ0n) is 13.3. The lowest BCUT2D eigenvalue weighted by atomic mass is 10.1. The molecule has 124 valence electrons. The van der Waals surface area contributed by atoms with Crippen molar-refractivity contribution in [3.63, 3.8) is 0 Å². The highest BCUT2D eigenvalue weighted by molar-refractivity contribution is 5.99. The van der Waals surface area contributed by atoms with Crippen LogP contribution in [-0.4, -0.2) is 27.3 Å². The minimum atomic E-state index is -0.907. The molecule has 0 radical (unpaired) electrons. The fraction of sp³-hybridized carbons (Fsp3) is 0.235. The predicted molar refractivity (Wildman–Crippen MR) is 87.7 cm³/mol. The van der Waals surface area contributed by atoms with Crippen LogP contribution in [0.1, 0.15) is 27.6 Å². The molecule has 0 fully saturated rings. The number of nitrogens with zero attached hydrogens (tertiary/aromatic N) is 2. The van der Waals surface area contributed by atoms with Gasteiger partial charge in [0, 0.05) is 30.7 Å². The fourth-order valence-corrected chi connectivity index (χ4v) is 2.57. The van der Waals surface area contributed by atoms with Crippen molar-refractivity contribution >= 4 is 16.9 Å². The van der Waals surface area contributed by atoms with Crippen molar-refractivity contribution in [2.24, 2.45) is 7.05 Å². The highest BCUT2D eigenvalue weighted by atomic mass is 16.4. The van der Waals surface area contributed by atoms with Crippen LogP contribution in [0, 0.1) is 6.92 Å². The number of nitrogens with one attached hydrogen (secondary N) is 1. The zero-order chi connectivity index (χ0) is 17.3. The number of aryl methyl sites for hydroxylation is 2. The van der Waals surface area contributed by atoms with Gasteiger partial charge in [-0.25, -0.2) is 4.79 Å². The number of hydrogen-bond acceptors (Lipinski definition) is 5. The first-order valence-electron chi connectivity index (χ1n) is 7.44. The van der Waals surface area contributed by atoms with Crippen LogP contribution in [0.3, 0.4) is 0 Å². The Labute approximate surface area is 137 Å². The SMILES string of the molecule is Cc1c(C(=O)NCC(O)c2cnn(C)c2)c(=O)oc2ccccc12. The molecule has 1 amide bonds. The average Bonchev–Trinajstić information content (AvgIpc) is 2.99. The number of carbonyl (C=O) groups is 1. The number of para-hydroxylation sites is 1. The molecule has 7 heteroatoms. The van der Waals surface area contributed by atoms with E-state index in [0.717, 1.165) is 0 Å². The molecule has 0 aliphatic heterocycles. The van der Waals surface area contributed by atoms with Gasteiger partial charge in [-0.1, -0.05) is 18.2 Å². The van der Waals surface area contributed by atoms with Crippen molar-refractivity contribution in [2.45, 2.75) is 13.0 Å². The standard InChI is InChI=1S/C17H17N3O4/c1-10-12-5-3-4-6-14(12)24-17(23)15(10)16(22)18-8-13(21)11-7-19-20(2)9-11/h3-7,9,13,21H,8H2,1-2H3,(H,18,22). The average molecular weight is 327 g/mol. The number of aliphatic hydroxyl groups is 1. The summed E-state index contributed by atoms with van der Waals surface area (Å²) in [5, 5.41) is 17.3. The van der Waals surface area contributed by atoms with E-state index in [1.807, 2.05) is 6.07 Å². The summed E-state index contributed by atoms with van der Waals surface area (Å²) in [4.78, 5) is 24.5. The number of aromatic nitrogens is 2. The Balaban J connectivity index is 1.82. The molecule has 1 aromatic carbocycles. The Kier molecular flexibility index (Phi) is 4.18. The van der Waals surface area contributed by atoms with Gasteiger partial charge in [0.15, 0.2) is 0 Å². The van der Waals surface area contributed by atoms with Gasteiger partial charge in [0.25, 0.3) is 5.91 Å². The van der Waals surface area contributed by atoms with Crippen LogP contribution in [0.15, 0.2) is 45.9 Å². The molecular formula is C17H17N3O4. The Morgan fingerprint density at radius 2 is 2.17 bits per heavy atom. The molecule has 1 atom stereocenters. The summed E-state index contributed by atoms with van der Waals surface area (Å²) >= 11 is 0. The van der Waals surface area contributed by atoms with E-state index < -0.39 is 17.6 Å². The van der Waals surface area contributed by atoms with E-state index in [0.29, 0.717) is 22.1 Å². The van der Waals surface area contributed by atoms with Gasteiger partial charge < -0.3 is 14.8 Å². The molecule has 0 saturated carbocycles. The van der Waals surface area contributed by atoms with Gasteiger partial charge in [-0.15, -0.1) is 0 Å². The topological polar surface area (TPSA) is 97.4 Å². The molecule has 2 heterocycles. The molecule has 0 bridgehead atoms. The van der Waals surface area contributed by atoms with E-state index >= 15 is 0 Å². The van der Waals surface area contributed by atoms with Gasteiger partial charge in [0.1, 0.15) is 11.1 Å². The number of fused-ring (bicyclic) bond motifs is 1. The van der Waals surface area contributed by atoms with Crippen LogP contribution in [0.5, 0.6) is 0 Å². The predicted octanol–water partition coefficient (Wildman–Crippen LogP) is 1.30. The summed E-state index contributed by atoms with van der Waals surface area (Å²) in [6, 6.07) is 7.03. The van der Waals surface area contributed by atoms with Gasteiger partial charge >= 0.3 is 5.63 Å². The van der Waals surface area contributed by atoms with E-state index in [1.165, 1.54) is 6.20 Å². The summed E-state index contributed by atoms with van der Waals surface area (Å²) in [5.74, 6) is -0.574. The normalized spacial score (nSPS) is 12.3. The molecule has 1 unspecified atom stereocenters. The fourth-order valence-electron chi connectivity index (χ4n) is 2.57. The number of aliphatic hydroxyl groups excluding tert-OH is 1. The first-order valence-corrected chi connectivity index (χ1v) is 7.44. The second-order valence-corrected chi connectivity index (χ2v) is 5.56. The Hall–Kier alpha value is -2.93. The third kappa shape index (κ3) is 2.93. The minimum absolute atomic E-state index is 0.0315. The molecule has 0 aliphatic carbocycles. The van der Waals surface area contributed by atoms with Crippen LogP contribution in [0.4, 0.5) is 0 Å². The molecule has 0 aliphatic rings. The number of hydrogen-bond donors (Lipinski definition) is 2. The van der Waals surface area contributed by atoms with Crippen molar-refractivity contribution in [1.82, 2.24) is 15.1 Å². The number of carbonyl (C=O) groups excluding carboxylic acids is 1. The third-order valence-corrected chi connectivity index (χ3v) is 3.87. The summed E-state index contributed by atoms with van der Waals surface area (Å²) < 4.78 is 6.76. The highest BCUT2D eigenvalue weighted by Crippen LogP contribution is 2.19. The van der Waals surface area contributed by atoms with Gasteiger partial charge in [0.05, 0.1) is 12.3 Å². The second-order valence-electron chi connectivity index (χ2n) is 5.56. The van der Waals surface area contributed by atoms with E-state index in [9.17, 15) is 14.7 Å². The van der Waals surface area contributed by atoms with Crippen LogP contribution in [0.2, 0.25) is 0 Å². The van der Waals surface area contributed by atoms with Crippen molar-refractivity contribution in [1.29, 1.82) is 0 Å². The van der Waals surface area contributed by atoms with E-state index in [4.69, 9.17) is 4.42 Å². The lowest BCUT2D eigenvalue weighted by molar-refractivity contribution is 0.0912. The molecule has 2 N–H and O–H groups in total. The molecule has 2 aromatic heterocycles. The lowest BCUT2D eigenvalue weighted by Gasteiger charge is -2.11. The molecule has 7 nitrogen and oxygen atoms in total. The summed E-state index contributed by atoms with van der Waals surface area (Å²) in [6.45, 7) is 1.67. The molecule has 3 aromatic rings. The summed E-state index contributed by atoms with van der Waals surface area (Å²) in [6.07, 6.45) is 2.27. The molecule has 3 rings (SSSR count). The van der Waals surface area contributed by atoms with Gasteiger partial charge in [-0.05, 0) is 18.6 Å². The van der Waals surface area contributed by atoms with Crippen molar-refractivity contribution in [3.05, 3.63) is 63.8 Å². The van der Waals surface area contributed by atoms with Crippen molar-refractivity contribution < 1.29 is 14.3 Å². The van der Waals surface area contributed by atoms with E-state index in [2.05, 4.69) is 10.4 Å². The molecule has 0 saturated heterocycles. The van der Waals surface area contributed by atoms with E-state index in [1.54, 1.807) is 43.0 Å². The third-order valence-electron chi connectivity index (χ3n) is 3.87. The molecular weight excluding hydrogens is 310 g/mol. The summed E-state index contributed by atoms with van der Waals surface area (Å²) in [5.41, 5.74) is 0.828. The number of benzene rings is 1. The number of amides is 1. The first-order chi connectivity index (χ1) is 11.5. The minimum Gasteiger partial charge on any atom is -0.422 e. The Bertz CT molecular complexity index is 958. The maximum Gasteiger partial charge on any atom is 0.349 e. The van der Waals surface area contributed by atoms with E-state index in [-0.39, 0.29) is 12.1 Å². The quantitative estimate of drug-likeness (QED) is 0.704. The Morgan fingerprint density at radius 1 is 1.42 bits per heavy atom. The monoisotopic (exact) mass is 327 g/mol. The number of rotatable bonds is 4. The van der Waals surface area contributed by atoms with Crippen LogP contribution < -0.4 is 10.9 Å². The Morgan fingerprint density at radius 3 is 2.88 bits per heavy atom. The van der Waals surface area contributed by atoms with Crippen LogP contribution >= 0.6 is 0 Å². The maximum absolute atomic E-state index is 12.4. The van der Waals surface area contributed by atoms with Crippen molar-refractivity contribution in [3.8, 4) is 0 Å². The highest BCUT2D eigenvalue weighted by Gasteiger charge is 2.19. The van der Waals surface area contributed by atoms with Gasteiger partial charge in [0.2, 0.25) is 0 Å². The summed E-state index contributed by atoms with van der Waals surface area (Å²) in [7, 11) is 1.73. The van der Waals surface area contributed by atoms with Gasteiger partial charge in [-0.3, -0.25) is 9.48 Å². The zero-order valence-corrected chi connectivity index (χ0v) is 13.3. The lowest BCUT2D eigenvalue weighted by Crippen LogP contribution is -2.32. The van der Waals surface area contributed by atoms with Crippen LogP contribution in [-0.2, 0) is 7.05 Å². The smallest absolute Gasteiger partial charge is 0.349 e. The van der Waals surface area contributed by atoms with Gasteiger partial charge in [-0.2, -0.15) is 5.10 Å². The first kappa shape index (κ1) is 15.9. The second kappa shape index (κ2) is 6.29. The van der Waals surface area contributed by atoms with Crippen LogP contribution in [0.25, 0.3) is 11.0 Å². The maximum atomic E-state index is 12.4. The largest absolute Gasteiger partial charge is 0.422 e. The molecule has 0 spiro atoms. The molecule has 24 heavy (non-hydrogen) atoms. The van der Waals surface area contributed by atoms with Crippen molar-refractivity contribution in [2.75, 3.05) is 6.54 Å².